The lowest BCUT2D eigenvalue weighted by Gasteiger charge is -2.19. The van der Waals surface area contributed by atoms with E-state index in [0.717, 1.165) is 41.0 Å². The van der Waals surface area contributed by atoms with Crippen molar-refractivity contribution in [2.75, 3.05) is 11.5 Å². The van der Waals surface area contributed by atoms with Gasteiger partial charge in [0.25, 0.3) is 0 Å². The molecular formula is C16H27N5O2S. The Bertz CT molecular complexity index is 842. The van der Waals surface area contributed by atoms with Gasteiger partial charge in [0.05, 0.1) is 11.3 Å². The molecule has 0 aliphatic rings. The summed E-state index contributed by atoms with van der Waals surface area (Å²) in [7, 11) is -3.43. The lowest BCUT2D eigenvalue weighted by atomic mass is 10.1. The van der Waals surface area contributed by atoms with Crippen LogP contribution in [0.2, 0.25) is 0 Å². The van der Waals surface area contributed by atoms with Gasteiger partial charge in [0.2, 0.25) is 10.0 Å². The van der Waals surface area contributed by atoms with Gasteiger partial charge in [-0.2, -0.15) is 0 Å². The number of hydrogen-bond donors (Lipinski definition) is 2. The molecule has 0 saturated carbocycles. The van der Waals surface area contributed by atoms with Crippen molar-refractivity contribution in [3.8, 4) is 0 Å². The fourth-order valence-electron chi connectivity index (χ4n) is 3.09. The number of hydrogen-bond acceptors (Lipinski definition) is 5. The van der Waals surface area contributed by atoms with Crippen molar-refractivity contribution < 1.29 is 8.42 Å². The van der Waals surface area contributed by atoms with Crippen LogP contribution in [0, 0.1) is 13.8 Å². The molecule has 134 valence electrons. The number of aryl methyl sites for hydroxylation is 3. The van der Waals surface area contributed by atoms with Crippen molar-refractivity contribution in [2.24, 2.45) is 5.14 Å². The number of anilines is 1. The van der Waals surface area contributed by atoms with Crippen molar-refractivity contribution in [2.45, 2.75) is 59.4 Å². The maximum atomic E-state index is 11.2. The minimum atomic E-state index is -3.43. The Morgan fingerprint density at radius 3 is 2.50 bits per heavy atom. The van der Waals surface area contributed by atoms with E-state index in [1.165, 1.54) is 0 Å². The van der Waals surface area contributed by atoms with Crippen LogP contribution in [0.5, 0.6) is 0 Å². The molecule has 2 heterocycles. The van der Waals surface area contributed by atoms with E-state index < -0.39 is 10.0 Å². The fourth-order valence-corrected chi connectivity index (χ4v) is 3.66. The molecule has 24 heavy (non-hydrogen) atoms. The lowest BCUT2D eigenvalue weighted by molar-refractivity contribution is 0.490. The Labute approximate surface area is 143 Å². The van der Waals surface area contributed by atoms with Crippen LogP contribution in [0.3, 0.4) is 0 Å². The molecule has 1 atom stereocenters. The first-order valence-corrected chi connectivity index (χ1v) is 10.0. The highest BCUT2D eigenvalue weighted by atomic mass is 32.2. The van der Waals surface area contributed by atoms with Crippen molar-refractivity contribution in [3.63, 3.8) is 0 Å². The Kier molecular flexibility index (Phi) is 5.49. The van der Waals surface area contributed by atoms with E-state index in [2.05, 4.69) is 23.4 Å². The van der Waals surface area contributed by atoms with Crippen LogP contribution in [0.1, 0.15) is 56.2 Å². The summed E-state index contributed by atoms with van der Waals surface area (Å²) in [5.74, 6) is 1.41. The molecule has 0 aromatic carbocycles. The molecule has 0 radical (unpaired) electrons. The lowest BCUT2D eigenvalue weighted by Crippen LogP contribution is -2.18. The third-order valence-electron chi connectivity index (χ3n) is 4.38. The van der Waals surface area contributed by atoms with Gasteiger partial charge in [0, 0.05) is 18.2 Å². The largest absolute Gasteiger partial charge is 0.382 e. The highest BCUT2D eigenvalue weighted by Gasteiger charge is 2.20. The number of rotatable bonds is 7. The van der Waals surface area contributed by atoms with Gasteiger partial charge in [-0.15, -0.1) is 0 Å². The van der Waals surface area contributed by atoms with Crippen molar-refractivity contribution in [1.82, 2.24) is 14.5 Å². The number of nitrogens with two attached hydrogens (primary N) is 2. The summed E-state index contributed by atoms with van der Waals surface area (Å²) in [4.78, 5) is 9.09. The summed E-state index contributed by atoms with van der Waals surface area (Å²) >= 11 is 0. The van der Waals surface area contributed by atoms with Gasteiger partial charge in [-0.25, -0.2) is 23.5 Å². The second-order valence-corrected chi connectivity index (χ2v) is 8.14. The summed E-state index contributed by atoms with van der Waals surface area (Å²) < 4.78 is 24.5. The molecule has 4 N–H and O–H groups in total. The van der Waals surface area contributed by atoms with Crippen LogP contribution in [-0.4, -0.2) is 28.7 Å². The monoisotopic (exact) mass is 353 g/mol. The molecule has 0 bridgehead atoms. The third kappa shape index (κ3) is 3.87. The average molecular weight is 353 g/mol. The first-order chi connectivity index (χ1) is 11.2. The number of aromatic nitrogens is 3. The van der Waals surface area contributed by atoms with Gasteiger partial charge in [0.15, 0.2) is 5.82 Å². The SMILES string of the molecule is CCCc1nc2c(N)nc(C)c(C)c2n1C(C)CCCS(N)(=O)=O. The Morgan fingerprint density at radius 2 is 1.92 bits per heavy atom. The maximum Gasteiger partial charge on any atom is 0.209 e. The molecule has 0 amide bonds. The van der Waals surface area contributed by atoms with Crippen LogP contribution < -0.4 is 10.9 Å². The third-order valence-corrected chi connectivity index (χ3v) is 5.24. The number of sulfonamides is 1. The zero-order chi connectivity index (χ0) is 18.1. The number of pyridine rings is 1. The summed E-state index contributed by atoms with van der Waals surface area (Å²) in [5, 5.41) is 5.10. The summed E-state index contributed by atoms with van der Waals surface area (Å²) in [5.41, 5.74) is 9.77. The molecule has 7 nitrogen and oxygen atoms in total. The number of imidazole rings is 1. The van der Waals surface area contributed by atoms with Crippen LogP contribution in [0.4, 0.5) is 5.82 Å². The molecule has 0 aliphatic carbocycles. The first-order valence-electron chi connectivity index (χ1n) is 8.29. The molecule has 2 aromatic rings. The average Bonchev–Trinajstić information content (AvgIpc) is 2.84. The predicted octanol–water partition coefficient (Wildman–Crippen LogP) is 2.21. The van der Waals surface area contributed by atoms with Gasteiger partial charge in [-0.3, -0.25) is 0 Å². The van der Waals surface area contributed by atoms with Crippen LogP contribution >= 0.6 is 0 Å². The molecule has 0 saturated heterocycles. The minimum Gasteiger partial charge on any atom is -0.382 e. The van der Waals surface area contributed by atoms with Gasteiger partial charge < -0.3 is 10.3 Å². The predicted molar refractivity (Wildman–Crippen MR) is 97.3 cm³/mol. The quantitative estimate of drug-likeness (QED) is 0.791. The number of fused-ring (bicyclic) bond motifs is 1. The normalized spacial score (nSPS) is 13.5. The van der Waals surface area contributed by atoms with Gasteiger partial charge in [0.1, 0.15) is 11.3 Å². The Balaban J connectivity index is 2.48. The minimum absolute atomic E-state index is 0.00517. The smallest absolute Gasteiger partial charge is 0.209 e. The van der Waals surface area contributed by atoms with E-state index in [1.54, 1.807) is 0 Å². The Hall–Kier alpha value is -1.67. The van der Waals surface area contributed by atoms with Gasteiger partial charge >= 0.3 is 0 Å². The molecule has 8 heteroatoms. The Morgan fingerprint density at radius 1 is 1.25 bits per heavy atom. The molecule has 0 aliphatic heterocycles. The second-order valence-electron chi connectivity index (χ2n) is 6.41. The molecule has 0 spiro atoms. The number of nitrogens with zero attached hydrogens (tertiary/aromatic N) is 3. The van der Waals surface area contributed by atoms with E-state index in [9.17, 15) is 8.42 Å². The van der Waals surface area contributed by atoms with E-state index >= 15 is 0 Å². The topological polar surface area (TPSA) is 117 Å². The molecule has 2 rings (SSSR count). The van der Waals surface area contributed by atoms with Gasteiger partial charge in [-0.05, 0) is 45.6 Å². The van der Waals surface area contributed by atoms with Crippen molar-refractivity contribution in [3.05, 3.63) is 17.1 Å². The van der Waals surface area contributed by atoms with Crippen LogP contribution in [0.15, 0.2) is 0 Å². The highest BCUT2D eigenvalue weighted by molar-refractivity contribution is 7.89. The number of primary sulfonamides is 1. The molecule has 1 unspecified atom stereocenters. The highest BCUT2D eigenvalue weighted by Crippen LogP contribution is 2.30. The molecular weight excluding hydrogens is 326 g/mol. The van der Waals surface area contributed by atoms with Crippen molar-refractivity contribution in [1.29, 1.82) is 0 Å². The van der Waals surface area contributed by atoms with E-state index in [1.807, 2.05) is 13.8 Å². The van der Waals surface area contributed by atoms with Crippen molar-refractivity contribution >= 4 is 26.9 Å². The zero-order valence-electron chi connectivity index (χ0n) is 14.8. The first kappa shape index (κ1) is 18.7. The van der Waals surface area contributed by atoms with Crippen LogP contribution in [0.25, 0.3) is 11.0 Å². The van der Waals surface area contributed by atoms with E-state index in [0.29, 0.717) is 18.7 Å². The van der Waals surface area contributed by atoms with E-state index in [4.69, 9.17) is 15.9 Å². The maximum absolute atomic E-state index is 11.2. The molecule has 2 aromatic heterocycles. The fraction of sp³-hybridized carbons (Fsp3) is 0.625. The standard InChI is InChI=1S/C16H27N5O2S/c1-5-7-13-20-14-15(11(3)12(4)19-16(14)17)21(13)10(2)8-6-9-24(18,22)23/h10H,5-9H2,1-4H3,(H2,17,19)(H2,18,22,23). The van der Waals surface area contributed by atoms with Gasteiger partial charge in [-0.1, -0.05) is 6.92 Å². The van der Waals surface area contributed by atoms with E-state index in [-0.39, 0.29) is 11.8 Å². The summed E-state index contributed by atoms with van der Waals surface area (Å²) in [6, 6.07) is 0.109. The summed E-state index contributed by atoms with van der Waals surface area (Å²) in [6.45, 7) is 8.15. The number of nitrogen functional groups attached to an aromatic ring is 1. The summed E-state index contributed by atoms with van der Waals surface area (Å²) in [6.07, 6.45) is 3.04. The second kappa shape index (κ2) is 7.06. The van der Waals surface area contributed by atoms with Crippen LogP contribution in [-0.2, 0) is 16.4 Å². The molecule has 0 fully saturated rings. The zero-order valence-corrected chi connectivity index (χ0v) is 15.7.